The lowest BCUT2D eigenvalue weighted by atomic mass is 10.0. The summed E-state index contributed by atoms with van der Waals surface area (Å²) < 4.78 is 1.67. The lowest BCUT2D eigenvalue weighted by Crippen LogP contribution is -2.39. The summed E-state index contributed by atoms with van der Waals surface area (Å²) in [5.41, 5.74) is 0.895. The lowest BCUT2D eigenvalue weighted by molar-refractivity contribution is 0.159. The molecule has 1 aromatic rings. The SMILES string of the molecule is Cc1cc(NC(=O)NCCCN2CCCC[C@H]2C)n(C)n1. The number of hydrogen-bond donors (Lipinski definition) is 2. The van der Waals surface area contributed by atoms with Crippen molar-refractivity contribution in [3.63, 3.8) is 0 Å². The fourth-order valence-electron chi connectivity index (χ4n) is 2.86. The molecule has 2 rings (SSSR count). The molecule has 0 radical (unpaired) electrons. The smallest absolute Gasteiger partial charge is 0.320 e. The predicted octanol–water partition coefficient (Wildman–Crippen LogP) is 2.11. The Bertz CT molecular complexity index is 471. The average molecular weight is 293 g/mol. The molecule has 0 bridgehead atoms. The van der Waals surface area contributed by atoms with Gasteiger partial charge in [-0.25, -0.2) is 4.79 Å². The molecule has 0 unspecified atom stereocenters. The average Bonchev–Trinajstić information content (AvgIpc) is 2.75. The minimum atomic E-state index is -0.162. The van der Waals surface area contributed by atoms with Crippen molar-refractivity contribution in [1.82, 2.24) is 20.0 Å². The van der Waals surface area contributed by atoms with Crippen LogP contribution < -0.4 is 10.6 Å². The minimum Gasteiger partial charge on any atom is -0.338 e. The van der Waals surface area contributed by atoms with Gasteiger partial charge in [0.1, 0.15) is 5.82 Å². The van der Waals surface area contributed by atoms with Crippen LogP contribution in [0, 0.1) is 6.92 Å². The van der Waals surface area contributed by atoms with Crippen molar-refractivity contribution >= 4 is 11.8 Å². The fourth-order valence-corrected chi connectivity index (χ4v) is 2.86. The molecule has 1 aliphatic rings. The van der Waals surface area contributed by atoms with Crippen molar-refractivity contribution in [2.24, 2.45) is 7.05 Å². The third-order valence-electron chi connectivity index (χ3n) is 4.09. The zero-order valence-electron chi connectivity index (χ0n) is 13.4. The van der Waals surface area contributed by atoms with Crippen molar-refractivity contribution in [3.8, 4) is 0 Å². The zero-order chi connectivity index (χ0) is 15.2. The first kappa shape index (κ1) is 15.8. The van der Waals surface area contributed by atoms with Crippen LogP contribution in [0.1, 0.15) is 38.3 Å². The molecule has 118 valence electrons. The molecule has 2 heterocycles. The lowest BCUT2D eigenvalue weighted by Gasteiger charge is -2.33. The zero-order valence-corrected chi connectivity index (χ0v) is 13.4. The standard InChI is InChI=1S/C15H27N5O/c1-12-11-14(19(3)18-12)17-15(21)16-8-6-10-20-9-5-4-7-13(20)2/h11,13H,4-10H2,1-3H3,(H2,16,17,21)/t13-/m1/s1. The third-order valence-corrected chi connectivity index (χ3v) is 4.09. The van der Waals surface area contributed by atoms with E-state index in [1.807, 2.05) is 20.0 Å². The van der Waals surface area contributed by atoms with Gasteiger partial charge in [-0.15, -0.1) is 0 Å². The largest absolute Gasteiger partial charge is 0.338 e. The number of rotatable bonds is 5. The number of urea groups is 1. The molecule has 6 nitrogen and oxygen atoms in total. The molecule has 0 aliphatic carbocycles. The highest BCUT2D eigenvalue weighted by Crippen LogP contribution is 2.16. The van der Waals surface area contributed by atoms with Crippen LogP contribution in [0.25, 0.3) is 0 Å². The van der Waals surface area contributed by atoms with E-state index in [0.717, 1.165) is 24.5 Å². The van der Waals surface area contributed by atoms with E-state index in [1.165, 1.54) is 25.8 Å². The van der Waals surface area contributed by atoms with Crippen LogP contribution >= 0.6 is 0 Å². The Balaban J connectivity index is 1.64. The van der Waals surface area contributed by atoms with Gasteiger partial charge in [0.25, 0.3) is 0 Å². The van der Waals surface area contributed by atoms with Crippen molar-refractivity contribution in [2.75, 3.05) is 25.0 Å². The Morgan fingerprint density at radius 3 is 2.95 bits per heavy atom. The van der Waals surface area contributed by atoms with Crippen LogP contribution in [0.5, 0.6) is 0 Å². The minimum absolute atomic E-state index is 0.162. The number of carbonyl (C=O) groups is 1. The molecule has 1 saturated heterocycles. The van der Waals surface area contributed by atoms with Crippen LogP contribution in [0.3, 0.4) is 0 Å². The summed E-state index contributed by atoms with van der Waals surface area (Å²) in [6.07, 6.45) is 4.94. The third kappa shape index (κ3) is 4.74. The summed E-state index contributed by atoms with van der Waals surface area (Å²) >= 11 is 0. The van der Waals surface area contributed by atoms with Gasteiger partial charge in [0.05, 0.1) is 5.69 Å². The fraction of sp³-hybridized carbons (Fsp3) is 0.733. The number of nitrogens with one attached hydrogen (secondary N) is 2. The summed E-state index contributed by atoms with van der Waals surface area (Å²) in [7, 11) is 1.82. The van der Waals surface area contributed by atoms with E-state index in [9.17, 15) is 4.79 Å². The Morgan fingerprint density at radius 2 is 2.29 bits per heavy atom. The number of likely N-dealkylation sites (tertiary alicyclic amines) is 1. The Hall–Kier alpha value is -1.56. The number of piperidine rings is 1. The molecule has 0 saturated carbocycles. The van der Waals surface area contributed by atoms with Crippen LogP contribution in [-0.2, 0) is 7.05 Å². The second-order valence-corrected chi connectivity index (χ2v) is 5.91. The first-order chi connectivity index (χ1) is 10.1. The summed E-state index contributed by atoms with van der Waals surface area (Å²) in [4.78, 5) is 14.3. The highest BCUT2D eigenvalue weighted by Gasteiger charge is 2.17. The Kier molecular flexibility index (Phi) is 5.61. The highest BCUT2D eigenvalue weighted by atomic mass is 16.2. The van der Waals surface area contributed by atoms with Gasteiger partial charge in [0.15, 0.2) is 0 Å². The van der Waals surface area contributed by atoms with E-state index in [2.05, 4.69) is 27.6 Å². The Labute approximate surface area is 126 Å². The van der Waals surface area contributed by atoms with E-state index in [-0.39, 0.29) is 6.03 Å². The maximum atomic E-state index is 11.8. The van der Waals surface area contributed by atoms with E-state index in [4.69, 9.17) is 0 Å². The summed E-state index contributed by atoms with van der Waals surface area (Å²) in [6.45, 7) is 7.16. The van der Waals surface area contributed by atoms with Gasteiger partial charge in [-0.05, 0) is 39.7 Å². The maximum Gasteiger partial charge on any atom is 0.320 e. The van der Waals surface area contributed by atoms with Crippen LogP contribution in [0.2, 0.25) is 0 Å². The van der Waals surface area contributed by atoms with Gasteiger partial charge >= 0.3 is 6.03 Å². The quantitative estimate of drug-likeness (QED) is 0.817. The highest BCUT2D eigenvalue weighted by molar-refractivity contribution is 5.88. The van der Waals surface area contributed by atoms with Gasteiger partial charge in [-0.1, -0.05) is 6.42 Å². The second-order valence-electron chi connectivity index (χ2n) is 5.91. The molecular weight excluding hydrogens is 266 g/mol. The van der Waals surface area contributed by atoms with Crippen molar-refractivity contribution in [1.29, 1.82) is 0 Å². The van der Waals surface area contributed by atoms with Crippen molar-refractivity contribution < 1.29 is 4.79 Å². The molecule has 21 heavy (non-hydrogen) atoms. The molecule has 1 atom stereocenters. The molecule has 1 fully saturated rings. The number of carbonyl (C=O) groups excluding carboxylic acids is 1. The maximum absolute atomic E-state index is 11.8. The van der Waals surface area contributed by atoms with Gasteiger partial charge in [0.2, 0.25) is 0 Å². The monoisotopic (exact) mass is 293 g/mol. The topological polar surface area (TPSA) is 62.2 Å². The van der Waals surface area contributed by atoms with Crippen molar-refractivity contribution in [3.05, 3.63) is 11.8 Å². The first-order valence-corrected chi connectivity index (χ1v) is 7.86. The number of anilines is 1. The van der Waals surface area contributed by atoms with Gasteiger partial charge in [-0.2, -0.15) is 5.10 Å². The van der Waals surface area contributed by atoms with Crippen molar-refractivity contribution in [2.45, 2.75) is 45.6 Å². The molecule has 0 aromatic carbocycles. The molecule has 2 N–H and O–H groups in total. The molecule has 1 aromatic heterocycles. The van der Waals surface area contributed by atoms with E-state index in [0.29, 0.717) is 12.6 Å². The van der Waals surface area contributed by atoms with Crippen LogP contribution in [-0.4, -0.2) is 46.4 Å². The molecule has 6 heteroatoms. The molecule has 0 spiro atoms. The number of nitrogens with zero attached hydrogens (tertiary/aromatic N) is 3. The van der Waals surface area contributed by atoms with Gasteiger partial charge in [0, 0.05) is 32.2 Å². The van der Waals surface area contributed by atoms with E-state index in [1.54, 1.807) is 4.68 Å². The normalized spacial score (nSPS) is 19.5. The predicted molar refractivity (Wildman–Crippen MR) is 84.5 cm³/mol. The van der Waals surface area contributed by atoms with E-state index >= 15 is 0 Å². The van der Waals surface area contributed by atoms with Crippen LogP contribution in [0.15, 0.2) is 6.07 Å². The summed E-state index contributed by atoms with van der Waals surface area (Å²) in [5.74, 6) is 0.717. The number of aryl methyl sites for hydroxylation is 2. The molecular formula is C15H27N5O. The molecule has 1 aliphatic heterocycles. The first-order valence-electron chi connectivity index (χ1n) is 7.86. The summed E-state index contributed by atoms with van der Waals surface area (Å²) in [5, 5.41) is 9.92. The van der Waals surface area contributed by atoms with E-state index < -0.39 is 0 Å². The number of aromatic nitrogens is 2. The number of amides is 2. The second kappa shape index (κ2) is 7.45. The Morgan fingerprint density at radius 1 is 1.48 bits per heavy atom. The summed E-state index contributed by atoms with van der Waals surface area (Å²) in [6, 6.07) is 2.38. The number of hydrogen-bond acceptors (Lipinski definition) is 3. The van der Waals surface area contributed by atoms with Gasteiger partial charge < -0.3 is 10.2 Å². The van der Waals surface area contributed by atoms with Gasteiger partial charge in [-0.3, -0.25) is 10.00 Å². The van der Waals surface area contributed by atoms with Crippen LogP contribution in [0.4, 0.5) is 10.6 Å². The molecule has 2 amide bonds.